The monoisotopic (exact) mass is 379 g/mol. The largest absolute Gasteiger partial charge is 0.490 e. The maximum Gasteiger partial charge on any atom is 0.230 e. The molecule has 0 unspecified atom stereocenters. The van der Waals surface area contributed by atoms with E-state index in [1.165, 1.54) is 11.3 Å². The molecule has 0 radical (unpaired) electrons. The number of hydrogen-bond donors (Lipinski definition) is 0. The van der Waals surface area contributed by atoms with Gasteiger partial charge in [-0.05, 0) is 31.2 Å². The minimum absolute atomic E-state index is 0.0449. The molecule has 0 N–H and O–H groups in total. The summed E-state index contributed by atoms with van der Waals surface area (Å²) in [6.45, 7) is 5.77. The van der Waals surface area contributed by atoms with Gasteiger partial charge in [0.25, 0.3) is 0 Å². The third-order valence-electron chi connectivity index (χ3n) is 4.52. The molecule has 1 aliphatic rings. The van der Waals surface area contributed by atoms with E-state index in [0.29, 0.717) is 18.3 Å². The fourth-order valence-electron chi connectivity index (χ4n) is 3.18. The van der Waals surface area contributed by atoms with Crippen molar-refractivity contribution >= 4 is 33.8 Å². The molecule has 0 saturated carbocycles. The SMILES string of the molecule is CC(=O)N(c1ccc(C)cc1)c1nc(CN2CCOc3ccccc32)cs1. The number of nitrogens with zero attached hydrogens (tertiary/aromatic N) is 3. The first-order valence-electron chi connectivity index (χ1n) is 8.90. The Morgan fingerprint density at radius 3 is 2.78 bits per heavy atom. The highest BCUT2D eigenvalue weighted by Crippen LogP contribution is 2.33. The van der Waals surface area contributed by atoms with E-state index in [1.54, 1.807) is 11.8 Å². The molecule has 138 valence electrons. The molecule has 0 saturated heterocycles. The molecule has 3 aromatic rings. The Hall–Kier alpha value is -2.86. The minimum Gasteiger partial charge on any atom is -0.490 e. The zero-order valence-electron chi connectivity index (χ0n) is 15.4. The number of hydrogen-bond acceptors (Lipinski definition) is 5. The molecule has 1 amide bonds. The summed E-state index contributed by atoms with van der Waals surface area (Å²) in [5, 5.41) is 2.72. The van der Waals surface area contributed by atoms with E-state index < -0.39 is 0 Å². The fourth-order valence-corrected chi connectivity index (χ4v) is 4.06. The lowest BCUT2D eigenvalue weighted by molar-refractivity contribution is -0.115. The normalized spacial score (nSPS) is 13.0. The second kappa shape index (κ2) is 7.40. The van der Waals surface area contributed by atoms with Crippen LogP contribution in [0.4, 0.5) is 16.5 Å². The van der Waals surface area contributed by atoms with Crippen molar-refractivity contribution in [2.75, 3.05) is 23.0 Å². The highest BCUT2D eigenvalue weighted by Gasteiger charge is 2.21. The van der Waals surface area contributed by atoms with E-state index in [9.17, 15) is 4.79 Å². The molecule has 1 aliphatic heterocycles. The summed E-state index contributed by atoms with van der Waals surface area (Å²) in [4.78, 5) is 20.9. The molecule has 5 nitrogen and oxygen atoms in total. The van der Waals surface area contributed by atoms with E-state index in [4.69, 9.17) is 9.72 Å². The highest BCUT2D eigenvalue weighted by atomic mass is 32.1. The number of aromatic nitrogens is 1. The van der Waals surface area contributed by atoms with Crippen LogP contribution >= 0.6 is 11.3 Å². The summed E-state index contributed by atoms with van der Waals surface area (Å²) in [6.07, 6.45) is 0. The molecular formula is C21H21N3O2S. The number of thiazole rings is 1. The topological polar surface area (TPSA) is 45.7 Å². The molecule has 0 spiro atoms. The van der Waals surface area contributed by atoms with Gasteiger partial charge in [-0.3, -0.25) is 9.69 Å². The lowest BCUT2D eigenvalue weighted by Crippen LogP contribution is -2.32. The van der Waals surface area contributed by atoms with Gasteiger partial charge in [-0.25, -0.2) is 4.98 Å². The van der Waals surface area contributed by atoms with Gasteiger partial charge in [0.15, 0.2) is 5.13 Å². The van der Waals surface area contributed by atoms with Crippen molar-refractivity contribution < 1.29 is 9.53 Å². The van der Waals surface area contributed by atoms with E-state index in [0.717, 1.165) is 34.9 Å². The highest BCUT2D eigenvalue weighted by molar-refractivity contribution is 7.14. The van der Waals surface area contributed by atoms with E-state index >= 15 is 0 Å². The minimum atomic E-state index is -0.0449. The zero-order valence-corrected chi connectivity index (χ0v) is 16.2. The standard InChI is InChI=1S/C21H21N3O2S/c1-15-7-9-18(10-8-15)24(16(2)25)21-22-17(14-27-21)13-23-11-12-26-20-6-4-3-5-19(20)23/h3-10,14H,11-13H2,1-2H3. The van der Waals surface area contributed by atoms with Crippen LogP contribution in [-0.4, -0.2) is 24.0 Å². The third kappa shape index (κ3) is 3.66. The smallest absolute Gasteiger partial charge is 0.230 e. The number of amides is 1. The van der Waals surface area contributed by atoms with Gasteiger partial charge in [-0.2, -0.15) is 0 Å². The predicted octanol–water partition coefficient (Wildman–Crippen LogP) is 4.54. The van der Waals surface area contributed by atoms with E-state index in [1.807, 2.05) is 54.8 Å². The van der Waals surface area contributed by atoms with Crippen LogP contribution in [0.5, 0.6) is 5.75 Å². The van der Waals surface area contributed by atoms with Crippen molar-refractivity contribution in [2.24, 2.45) is 0 Å². The summed E-state index contributed by atoms with van der Waals surface area (Å²) >= 11 is 1.49. The van der Waals surface area contributed by atoms with Gasteiger partial charge in [-0.1, -0.05) is 29.8 Å². The Morgan fingerprint density at radius 1 is 1.22 bits per heavy atom. The Balaban J connectivity index is 1.58. The first-order chi connectivity index (χ1) is 13.1. The second-order valence-corrected chi connectivity index (χ2v) is 7.39. The van der Waals surface area contributed by atoms with Crippen molar-refractivity contribution in [3.63, 3.8) is 0 Å². The van der Waals surface area contributed by atoms with Gasteiger partial charge in [0.2, 0.25) is 5.91 Å². The molecule has 2 aromatic carbocycles. The molecule has 27 heavy (non-hydrogen) atoms. The average molecular weight is 379 g/mol. The number of benzene rings is 2. The summed E-state index contributed by atoms with van der Waals surface area (Å²) in [5.74, 6) is 0.862. The summed E-state index contributed by atoms with van der Waals surface area (Å²) in [7, 11) is 0. The van der Waals surface area contributed by atoms with Crippen LogP contribution in [0.1, 0.15) is 18.2 Å². The van der Waals surface area contributed by atoms with Crippen molar-refractivity contribution in [3.05, 3.63) is 65.2 Å². The lowest BCUT2D eigenvalue weighted by Gasteiger charge is -2.30. The second-order valence-electron chi connectivity index (χ2n) is 6.55. The lowest BCUT2D eigenvalue weighted by atomic mass is 10.2. The van der Waals surface area contributed by atoms with E-state index in [2.05, 4.69) is 11.0 Å². The fraction of sp³-hybridized carbons (Fsp3) is 0.238. The first kappa shape index (κ1) is 17.5. The number of anilines is 3. The summed E-state index contributed by atoms with van der Waals surface area (Å²) in [6, 6.07) is 16.0. The van der Waals surface area contributed by atoms with Crippen LogP contribution in [0.25, 0.3) is 0 Å². The number of ether oxygens (including phenoxy) is 1. The third-order valence-corrected chi connectivity index (χ3v) is 5.39. The van der Waals surface area contributed by atoms with Crippen LogP contribution in [-0.2, 0) is 11.3 Å². The van der Waals surface area contributed by atoms with Crippen LogP contribution in [0.3, 0.4) is 0 Å². The number of fused-ring (bicyclic) bond motifs is 1. The zero-order chi connectivity index (χ0) is 18.8. The molecule has 0 bridgehead atoms. The Bertz CT molecular complexity index is 952. The van der Waals surface area contributed by atoms with Gasteiger partial charge in [-0.15, -0.1) is 11.3 Å². The molecule has 4 rings (SSSR count). The van der Waals surface area contributed by atoms with Crippen molar-refractivity contribution in [1.29, 1.82) is 0 Å². The Morgan fingerprint density at radius 2 is 2.00 bits per heavy atom. The van der Waals surface area contributed by atoms with Crippen LogP contribution in [0.2, 0.25) is 0 Å². The molecule has 0 fully saturated rings. The van der Waals surface area contributed by atoms with Gasteiger partial charge in [0.1, 0.15) is 12.4 Å². The van der Waals surface area contributed by atoms with Gasteiger partial charge < -0.3 is 9.64 Å². The van der Waals surface area contributed by atoms with Crippen molar-refractivity contribution in [3.8, 4) is 5.75 Å². The maximum atomic E-state index is 12.3. The van der Waals surface area contributed by atoms with Crippen LogP contribution < -0.4 is 14.5 Å². The molecule has 0 aliphatic carbocycles. The van der Waals surface area contributed by atoms with Gasteiger partial charge in [0, 0.05) is 12.3 Å². The molecule has 6 heteroatoms. The van der Waals surface area contributed by atoms with Crippen LogP contribution in [0, 0.1) is 6.92 Å². The molecule has 1 aromatic heterocycles. The van der Waals surface area contributed by atoms with Crippen LogP contribution in [0.15, 0.2) is 53.9 Å². The van der Waals surface area contributed by atoms with E-state index in [-0.39, 0.29) is 5.91 Å². The average Bonchev–Trinajstić information content (AvgIpc) is 3.11. The Labute approximate surface area is 162 Å². The maximum absolute atomic E-state index is 12.3. The van der Waals surface area contributed by atoms with Crippen molar-refractivity contribution in [2.45, 2.75) is 20.4 Å². The van der Waals surface area contributed by atoms with Crippen molar-refractivity contribution in [1.82, 2.24) is 4.98 Å². The number of carbonyl (C=O) groups excluding carboxylic acids is 1. The molecule has 2 heterocycles. The quantitative estimate of drug-likeness (QED) is 0.668. The number of aryl methyl sites for hydroxylation is 1. The number of rotatable bonds is 4. The first-order valence-corrected chi connectivity index (χ1v) is 9.78. The summed E-state index contributed by atoms with van der Waals surface area (Å²) in [5.41, 5.74) is 4.03. The number of carbonyl (C=O) groups is 1. The molecular weight excluding hydrogens is 358 g/mol. The van der Waals surface area contributed by atoms with Gasteiger partial charge in [0.05, 0.1) is 30.2 Å². The predicted molar refractivity (Wildman–Crippen MR) is 109 cm³/mol. The summed E-state index contributed by atoms with van der Waals surface area (Å²) < 4.78 is 5.72. The van der Waals surface area contributed by atoms with Gasteiger partial charge >= 0.3 is 0 Å². The number of para-hydroxylation sites is 2. The Kier molecular flexibility index (Phi) is 4.81. The molecule has 0 atom stereocenters.